The van der Waals surface area contributed by atoms with E-state index in [9.17, 15) is 0 Å². The number of hydrogen-bond acceptors (Lipinski definition) is 4. The smallest absolute Gasteiger partial charge is 0.124 e. The summed E-state index contributed by atoms with van der Waals surface area (Å²) >= 11 is 1.63. The second-order valence-electron chi connectivity index (χ2n) is 3.44. The number of rotatable bonds is 4. The fourth-order valence-electron chi connectivity index (χ4n) is 1.36. The van der Waals surface area contributed by atoms with E-state index in [1.54, 1.807) is 11.3 Å². The lowest BCUT2D eigenvalue weighted by Gasteiger charge is -2.05. The van der Waals surface area contributed by atoms with Gasteiger partial charge in [0.2, 0.25) is 0 Å². The van der Waals surface area contributed by atoms with Gasteiger partial charge in [0, 0.05) is 6.20 Å². The van der Waals surface area contributed by atoms with Gasteiger partial charge in [0.15, 0.2) is 0 Å². The van der Waals surface area contributed by atoms with Gasteiger partial charge in [-0.15, -0.1) is 11.3 Å². The Labute approximate surface area is 98.4 Å². The van der Waals surface area contributed by atoms with Crippen LogP contribution < -0.4 is 4.74 Å². The number of hydrogen-bond donors (Lipinski definition) is 1. The first-order valence-electron chi connectivity index (χ1n) is 5.02. The maximum atomic E-state index is 8.99. The number of nitrogens with zero attached hydrogens (tertiary/aromatic N) is 1. The molecule has 0 radical (unpaired) electrons. The number of aromatic nitrogens is 1. The minimum absolute atomic E-state index is 0.0386. The van der Waals surface area contributed by atoms with Gasteiger partial charge in [-0.3, -0.25) is 0 Å². The Morgan fingerprint density at radius 2 is 2.31 bits per heavy atom. The van der Waals surface area contributed by atoms with Gasteiger partial charge in [-0.25, -0.2) is 4.98 Å². The van der Waals surface area contributed by atoms with Gasteiger partial charge in [-0.1, -0.05) is 12.1 Å². The molecule has 0 aliphatic heterocycles. The van der Waals surface area contributed by atoms with Gasteiger partial charge < -0.3 is 9.84 Å². The summed E-state index contributed by atoms with van der Waals surface area (Å²) in [6.07, 6.45) is 1.83. The van der Waals surface area contributed by atoms with Crippen molar-refractivity contribution in [3.8, 4) is 5.75 Å². The number of aliphatic hydroxyl groups is 1. The highest BCUT2D eigenvalue weighted by molar-refractivity contribution is 7.11. The molecule has 0 unspecified atom stereocenters. The van der Waals surface area contributed by atoms with Crippen molar-refractivity contribution < 1.29 is 9.84 Å². The summed E-state index contributed by atoms with van der Waals surface area (Å²) in [7, 11) is 0. The second kappa shape index (κ2) is 5.09. The van der Waals surface area contributed by atoms with Gasteiger partial charge in [0.05, 0.1) is 16.5 Å². The minimum Gasteiger partial charge on any atom is -0.488 e. The molecule has 0 saturated heterocycles. The van der Waals surface area contributed by atoms with Crippen LogP contribution in [0.3, 0.4) is 0 Å². The lowest BCUT2D eigenvalue weighted by Crippen LogP contribution is -1.93. The summed E-state index contributed by atoms with van der Waals surface area (Å²) < 4.78 is 5.61. The summed E-state index contributed by atoms with van der Waals surface area (Å²) in [6, 6.07) is 7.46. The molecule has 2 rings (SSSR count). The Morgan fingerprint density at radius 3 is 3.00 bits per heavy atom. The van der Waals surface area contributed by atoms with Gasteiger partial charge in [0.25, 0.3) is 0 Å². The van der Waals surface area contributed by atoms with E-state index in [4.69, 9.17) is 9.84 Å². The molecule has 16 heavy (non-hydrogen) atoms. The third kappa shape index (κ3) is 2.81. The van der Waals surface area contributed by atoms with E-state index in [0.717, 1.165) is 21.2 Å². The predicted molar refractivity (Wildman–Crippen MR) is 63.5 cm³/mol. The first-order chi connectivity index (χ1) is 7.78. The Hall–Kier alpha value is -1.39. The third-order valence-electron chi connectivity index (χ3n) is 2.13. The molecule has 0 fully saturated rings. The average Bonchev–Trinajstić information content (AvgIpc) is 2.73. The fraction of sp³-hybridized carbons (Fsp3) is 0.250. The van der Waals surface area contributed by atoms with Crippen LogP contribution in [0.25, 0.3) is 0 Å². The molecular weight excluding hydrogens is 222 g/mol. The topological polar surface area (TPSA) is 42.4 Å². The zero-order valence-corrected chi connectivity index (χ0v) is 9.83. The zero-order chi connectivity index (χ0) is 11.4. The maximum absolute atomic E-state index is 8.99. The van der Waals surface area contributed by atoms with Crippen LogP contribution in [-0.4, -0.2) is 10.1 Å². The van der Waals surface area contributed by atoms with Crippen molar-refractivity contribution >= 4 is 11.3 Å². The highest BCUT2D eigenvalue weighted by atomic mass is 32.1. The van der Waals surface area contributed by atoms with Crippen LogP contribution >= 0.6 is 11.3 Å². The van der Waals surface area contributed by atoms with Gasteiger partial charge in [-0.05, 0) is 24.6 Å². The van der Waals surface area contributed by atoms with Gasteiger partial charge in [0.1, 0.15) is 12.4 Å². The number of ether oxygens (including phenoxy) is 1. The number of aryl methyl sites for hydroxylation is 1. The van der Waals surface area contributed by atoms with Crippen molar-refractivity contribution in [1.29, 1.82) is 0 Å². The van der Waals surface area contributed by atoms with Crippen LogP contribution in [0.5, 0.6) is 5.75 Å². The monoisotopic (exact) mass is 235 g/mol. The van der Waals surface area contributed by atoms with Crippen molar-refractivity contribution in [2.45, 2.75) is 20.1 Å². The molecule has 0 atom stereocenters. The molecule has 3 nitrogen and oxygen atoms in total. The van der Waals surface area contributed by atoms with E-state index in [2.05, 4.69) is 4.98 Å². The van der Waals surface area contributed by atoms with Gasteiger partial charge >= 0.3 is 0 Å². The van der Waals surface area contributed by atoms with E-state index in [0.29, 0.717) is 6.61 Å². The molecule has 0 saturated carbocycles. The van der Waals surface area contributed by atoms with E-state index in [-0.39, 0.29) is 6.61 Å². The number of thiazole rings is 1. The summed E-state index contributed by atoms with van der Waals surface area (Å²) in [5, 5.41) is 10.0. The predicted octanol–water partition coefficient (Wildman–Crippen LogP) is 2.52. The summed E-state index contributed by atoms with van der Waals surface area (Å²) in [4.78, 5) is 5.26. The molecule has 0 bridgehead atoms. The largest absolute Gasteiger partial charge is 0.488 e. The highest BCUT2D eigenvalue weighted by Gasteiger charge is 2.00. The Bertz CT molecular complexity index is 468. The molecule has 84 valence electrons. The Kier molecular flexibility index (Phi) is 3.54. The SMILES string of the molecule is Cc1ncc(COc2cccc(CO)c2)s1. The molecule has 2 aromatic rings. The Morgan fingerprint density at radius 1 is 1.44 bits per heavy atom. The normalized spacial score (nSPS) is 10.4. The van der Waals surface area contributed by atoms with Crippen molar-refractivity contribution in [3.63, 3.8) is 0 Å². The maximum Gasteiger partial charge on any atom is 0.124 e. The molecule has 1 N–H and O–H groups in total. The average molecular weight is 235 g/mol. The molecule has 1 heterocycles. The number of aliphatic hydroxyl groups excluding tert-OH is 1. The fourth-order valence-corrected chi connectivity index (χ4v) is 2.07. The van der Waals surface area contributed by atoms with Crippen LogP contribution in [-0.2, 0) is 13.2 Å². The van der Waals surface area contributed by atoms with E-state index >= 15 is 0 Å². The highest BCUT2D eigenvalue weighted by Crippen LogP contribution is 2.17. The quantitative estimate of drug-likeness (QED) is 0.885. The first kappa shape index (κ1) is 11.1. The van der Waals surface area contributed by atoms with Crippen LogP contribution in [0.4, 0.5) is 0 Å². The lowest BCUT2D eigenvalue weighted by molar-refractivity contribution is 0.278. The summed E-state index contributed by atoms with van der Waals surface area (Å²) in [6.45, 7) is 2.54. The van der Waals surface area contributed by atoms with E-state index in [1.807, 2.05) is 37.4 Å². The molecule has 4 heteroatoms. The molecule has 0 amide bonds. The molecule has 0 aliphatic carbocycles. The first-order valence-corrected chi connectivity index (χ1v) is 5.83. The third-order valence-corrected chi connectivity index (χ3v) is 3.02. The molecule has 0 aliphatic rings. The van der Waals surface area contributed by atoms with Gasteiger partial charge in [-0.2, -0.15) is 0 Å². The van der Waals surface area contributed by atoms with Crippen LogP contribution in [0, 0.1) is 6.92 Å². The standard InChI is InChI=1S/C12H13NO2S/c1-9-13-6-12(16-9)8-15-11-4-2-3-10(5-11)7-14/h2-6,14H,7-8H2,1H3. The van der Waals surface area contributed by atoms with E-state index in [1.165, 1.54) is 0 Å². The van der Waals surface area contributed by atoms with Crippen molar-refractivity contribution in [2.24, 2.45) is 0 Å². The van der Waals surface area contributed by atoms with Crippen LogP contribution in [0.1, 0.15) is 15.4 Å². The van der Waals surface area contributed by atoms with Crippen molar-refractivity contribution in [2.75, 3.05) is 0 Å². The molecular formula is C12H13NO2S. The molecule has 0 spiro atoms. The van der Waals surface area contributed by atoms with Crippen molar-refractivity contribution in [3.05, 3.63) is 45.9 Å². The Balaban J connectivity index is 1.99. The minimum atomic E-state index is 0.0386. The van der Waals surface area contributed by atoms with Crippen molar-refractivity contribution in [1.82, 2.24) is 4.98 Å². The number of benzene rings is 1. The van der Waals surface area contributed by atoms with Crippen LogP contribution in [0.15, 0.2) is 30.5 Å². The summed E-state index contributed by atoms with van der Waals surface area (Å²) in [5.74, 6) is 0.776. The lowest BCUT2D eigenvalue weighted by atomic mass is 10.2. The van der Waals surface area contributed by atoms with Crippen LogP contribution in [0.2, 0.25) is 0 Å². The van der Waals surface area contributed by atoms with E-state index < -0.39 is 0 Å². The molecule has 1 aromatic carbocycles. The zero-order valence-electron chi connectivity index (χ0n) is 9.01. The summed E-state index contributed by atoms with van der Waals surface area (Å²) in [5.41, 5.74) is 0.859. The second-order valence-corrected chi connectivity index (χ2v) is 4.76. The molecule has 1 aromatic heterocycles.